The topological polar surface area (TPSA) is 83.1 Å². The van der Waals surface area contributed by atoms with Crippen molar-refractivity contribution in [2.45, 2.75) is 6.42 Å². The van der Waals surface area contributed by atoms with Crippen LogP contribution in [0.4, 0.5) is 8.78 Å². The average molecular weight is 414 g/mol. The van der Waals surface area contributed by atoms with Gasteiger partial charge in [-0.3, -0.25) is 15.2 Å². The molecule has 2 aromatic carbocycles. The van der Waals surface area contributed by atoms with Gasteiger partial charge in [0.25, 0.3) is 0 Å². The second kappa shape index (κ2) is 7.91. The largest absolute Gasteiger partial charge is 0.277 e. The van der Waals surface area contributed by atoms with E-state index in [1.807, 2.05) is 18.2 Å². The molecule has 152 valence electrons. The van der Waals surface area contributed by atoms with Crippen LogP contribution in [0.1, 0.15) is 22.6 Å². The van der Waals surface area contributed by atoms with Gasteiger partial charge >= 0.3 is 0 Å². The van der Waals surface area contributed by atoms with Crippen LogP contribution in [0.5, 0.6) is 0 Å². The lowest BCUT2D eigenvalue weighted by molar-refractivity contribution is 0.627. The third-order valence-electron chi connectivity index (χ3n) is 4.85. The van der Waals surface area contributed by atoms with E-state index in [1.165, 1.54) is 18.2 Å². The van der Waals surface area contributed by atoms with Gasteiger partial charge in [-0.1, -0.05) is 24.3 Å². The van der Waals surface area contributed by atoms with Gasteiger partial charge in [-0.15, -0.1) is 0 Å². The average Bonchev–Trinajstić information content (AvgIpc) is 3.40. The van der Waals surface area contributed by atoms with Crippen molar-refractivity contribution in [2.75, 3.05) is 0 Å². The Bertz CT molecular complexity index is 1370. The normalized spacial score (nSPS) is 11.5. The molecule has 8 heteroatoms. The molecule has 0 spiro atoms. The highest BCUT2D eigenvalue weighted by atomic mass is 19.1. The van der Waals surface area contributed by atoms with Gasteiger partial charge in [0.1, 0.15) is 17.5 Å². The lowest BCUT2D eigenvalue weighted by Crippen LogP contribution is -1.91. The molecule has 0 aliphatic heterocycles. The van der Waals surface area contributed by atoms with E-state index in [0.717, 1.165) is 16.5 Å². The smallest absolute Gasteiger partial charge is 0.184 e. The zero-order chi connectivity index (χ0) is 21.2. The maximum Gasteiger partial charge on any atom is 0.184 e. The number of aromatic nitrogens is 6. The Balaban J connectivity index is 1.46. The Kier molecular flexibility index (Phi) is 4.80. The summed E-state index contributed by atoms with van der Waals surface area (Å²) in [6, 6.07) is 13.0. The number of hydrogen-bond acceptors (Lipinski definition) is 4. The first-order valence-electron chi connectivity index (χ1n) is 9.57. The van der Waals surface area contributed by atoms with Crippen molar-refractivity contribution >= 4 is 23.1 Å². The Morgan fingerprint density at radius 1 is 0.935 bits per heavy atom. The lowest BCUT2D eigenvalue weighted by atomic mass is 10.1. The van der Waals surface area contributed by atoms with E-state index in [0.29, 0.717) is 23.5 Å². The molecule has 0 fully saturated rings. The van der Waals surface area contributed by atoms with Crippen LogP contribution in [0.2, 0.25) is 0 Å². The Labute approximate surface area is 175 Å². The molecule has 0 aliphatic rings. The van der Waals surface area contributed by atoms with Crippen LogP contribution in [0.25, 0.3) is 34.4 Å². The molecule has 5 rings (SSSR count). The molecule has 0 unspecified atom stereocenters. The van der Waals surface area contributed by atoms with Crippen LogP contribution in [0.3, 0.4) is 0 Å². The van der Waals surface area contributed by atoms with Gasteiger partial charge in [-0.05, 0) is 41.5 Å². The number of H-pyrrole nitrogens is 2. The molecule has 0 amide bonds. The SMILES string of the molecule is Fc1ccc(C=Cc2n[nH]c3cc(F)c(-c4n[nH]c(Cc5cccnc5)n4)cc23)cc1. The van der Waals surface area contributed by atoms with Gasteiger partial charge in [-0.2, -0.15) is 10.2 Å². The van der Waals surface area contributed by atoms with Crippen molar-refractivity contribution in [3.8, 4) is 11.4 Å². The van der Waals surface area contributed by atoms with E-state index in [4.69, 9.17) is 0 Å². The maximum atomic E-state index is 14.7. The molecule has 0 atom stereocenters. The molecular formula is C23H16F2N6. The fourth-order valence-electron chi connectivity index (χ4n) is 3.30. The minimum atomic E-state index is -0.447. The van der Waals surface area contributed by atoms with Gasteiger partial charge < -0.3 is 0 Å². The second-order valence-corrected chi connectivity index (χ2v) is 7.02. The quantitative estimate of drug-likeness (QED) is 0.433. The number of hydrogen-bond donors (Lipinski definition) is 2. The number of fused-ring (bicyclic) bond motifs is 1. The molecule has 6 nitrogen and oxygen atoms in total. The van der Waals surface area contributed by atoms with E-state index in [2.05, 4.69) is 30.4 Å². The Hall–Kier alpha value is -4.20. The van der Waals surface area contributed by atoms with Crippen LogP contribution in [-0.4, -0.2) is 30.4 Å². The Morgan fingerprint density at radius 2 is 1.81 bits per heavy atom. The highest BCUT2D eigenvalue weighted by molar-refractivity contribution is 5.92. The molecular weight excluding hydrogens is 398 g/mol. The number of nitrogens with one attached hydrogen (secondary N) is 2. The van der Waals surface area contributed by atoms with E-state index >= 15 is 0 Å². The summed E-state index contributed by atoms with van der Waals surface area (Å²) in [7, 11) is 0. The van der Waals surface area contributed by atoms with Crippen LogP contribution < -0.4 is 0 Å². The van der Waals surface area contributed by atoms with Crippen LogP contribution in [0.15, 0.2) is 60.9 Å². The van der Waals surface area contributed by atoms with Crippen molar-refractivity contribution in [3.63, 3.8) is 0 Å². The summed E-state index contributed by atoms with van der Waals surface area (Å²) in [6.07, 6.45) is 7.57. The van der Waals surface area contributed by atoms with Gasteiger partial charge in [0.05, 0.1) is 16.8 Å². The molecule has 3 heterocycles. The van der Waals surface area contributed by atoms with Crippen LogP contribution in [-0.2, 0) is 6.42 Å². The monoisotopic (exact) mass is 414 g/mol. The third-order valence-corrected chi connectivity index (χ3v) is 4.85. The summed E-state index contributed by atoms with van der Waals surface area (Å²) in [6.45, 7) is 0. The summed E-state index contributed by atoms with van der Waals surface area (Å²) in [5.74, 6) is 0.146. The highest BCUT2D eigenvalue weighted by Crippen LogP contribution is 2.27. The summed E-state index contributed by atoms with van der Waals surface area (Å²) in [5, 5.41) is 14.9. The number of aromatic amines is 2. The molecule has 5 aromatic rings. The van der Waals surface area contributed by atoms with E-state index < -0.39 is 5.82 Å². The van der Waals surface area contributed by atoms with Crippen molar-refractivity contribution < 1.29 is 8.78 Å². The number of benzene rings is 2. The van der Waals surface area contributed by atoms with Crippen LogP contribution >= 0.6 is 0 Å². The molecule has 0 aliphatic carbocycles. The minimum absolute atomic E-state index is 0.271. The molecule has 0 saturated carbocycles. The summed E-state index contributed by atoms with van der Waals surface area (Å²) < 4.78 is 27.8. The van der Waals surface area contributed by atoms with E-state index in [-0.39, 0.29) is 17.2 Å². The zero-order valence-corrected chi connectivity index (χ0v) is 16.2. The molecule has 31 heavy (non-hydrogen) atoms. The van der Waals surface area contributed by atoms with E-state index in [1.54, 1.807) is 36.7 Å². The predicted molar refractivity (Wildman–Crippen MR) is 114 cm³/mol. The maximum absolute atomic E-state index is 14.7. The van der Waals surface area contributed by atoms with Crippen LogP contribution in [0, 0.1) is 11.6 Å². The van der Waals surface area contributed by atoms with Gasteiger partial charge in [0.15, 0.2) is 5.82 Å². The van der Waals surface area contributed by atoms with Crippen molar-refractivity contribution in [1.29, 1.82) is 0 Å². The van der Waals surface area contributed by atoms with Gasteiger partial charge in [0.2, 0.25) is 0 Å². The lowest BCUT2D eigenvalue weighted by Gasteiger charge is -2.00. The highest BCUT2D eigenvalue weighted by Gasteiger charge is 2.15. The first kappa shape index (κ1) is 18.8. The number of pyridine rings is 1. The number of halogens is 2. The molecule has 0 bridgehead atoms. The molecule has 3 aromatic heterocycles. The summed E-state index contributed by atoms with van der Waals surface area (Å²) in [5.41, 5.74) is 3.27. The molecule has 2 N–H and O–H groups in total. The zero-order valence-electron chi connectivity index (χ0n) is 16.2. The van der Waals surface area contributed by atoms with Crippen molar-refractivity contribution in [2.24, 2.45) is 0 Å². The standard InChI is InChI=1S/C23H16F2N6/c24-16-6-3-14(4-7-16)5-8-20-18-11-17(19(25)12-21(18)29-28-20)23-27-22(30-31-23)10-15-2-1-9-26-13-15/h1-9,11-13H,10H2,(H,28,29)(H,27,30,31). The number of rotatable bonds is 5. The first-order chi connectivity index (χ1) is 15.2. The molecule has 0 radical (unpaired) electrons. The second-order valence-electron chi connectivity index (χ2n) is 7.02. The third kappa shape index (κ3) is 3.95. The van der Waals surface area contributed by atoms with Crippen molar-refractivity contribution in [3.05, 3.63) is 95.2 Å². The van der Waals surface area contributed by atoms with E-state index in [9.17, 15) is 8.78 Å². The van der Waals surface area contributed by atoms with Gasteiger partial charge in [0, 0.05) is 30.3 Å². The molecule has 0 saturated heterocycles. The predicted octanol–water partition coefficient (Wildman–Crippen LogP) is 4.78. The number of nitrogens with zero attached hydrogens (tertiary/aromatic N) is 4. The fourth-order valence-corrected chi connectivity index (χ4v) is 3.30. The minimum Gasteiger partial charge on any atom is -0.277 e. The van der Waals surface area contributed by atoms with Crippen molar-refractivity contribution in [1.82, 2.24) is 30.4 Å². The summed E-state index contributed by atoms with van der Waals surface area (Å²) >= 11 is 0. The summed E-state index contributed by atoms with van der Waals surface area (Å²) in [4.78, 5) is 8.52. The fraction of sp³-hybridized carbons (Fsp3) is 0.0435. The Morgan fingerprint density at radius 3 is 2.61 bits per heavy atom. The first-order valence-corrected chi connectivity index (χ1v) is 9.57. The van der Waals surface area contributed by atoms with Gasteiger partial charge in [-0.25, -0.2) is 13.8 Å².